The van der Waals surface area contributed by atoms with Gasteiger partial charge in [0.2, 0.25) is 0 Å². The Morgan fingerprint density at radius 3 is 2.50 bits per heavy atom. The second-order valence-electron chi connectivity index (χ2n) is 4.11. The van der Waals surface area contributed by atoms with Gasteiger partial charge < -0.3 is 10.2 Å². The molecule has 0 aromatic heterocycles. The molecule has 0 aliphatic carbocycles. The quantitative estimate of drug-likeness (QED) is 0.658. The van der Waals surface area contributed by atoms with E-state index in [0.717, 1.165) is 0 Å². The second-order valence-corrected chi connectivity index (χ2v) is 4.11. The molecule has 0 saturated heterocycles. The monoisotopic (exact) mass is 273 g/mol. The molecule has 102 valence electrons. The van der Waals surface area contributed by atoms with E-state index in [0.29, 0.717) is 16.7 Å². The van der Waals surface area contributed by atoms with Gasteiger partial charge in [-0.25, -0.2) is 4.79 Å². The first-order chi connectivity index (χ1) is 9.54. The van der Waals surface area contributed by atoms with Crippen LogP contribution in [0.3, 0.4) is 0 Å². The van der Waals surface area contributed by atoms with Gasteiger partial charge in [-0.3, -0.25) is 10.1 Å². The van der Waals surface area contributed by atoms with E-state index in [2.05, 4.69) is 0 Å². The highest BCUT2D eigenvalue weighted by Gasteiger charge is 2.20. The van der Waals surface area contributed by atoms with Gasteiger partial charge >= 0.3 is 5.97 Å². The molecule has 0 atom stereocenters. The molecular formula is C14H11NO5. The molecule has 6 nitrogen and oxygen atoms in total. The first kappa shape index (κ1) is 13.7. The normalized spacial score (nSPS) is 10.2. The number of carbonyl (C=O) groups is 1. The van der Waals surface area contributed by atoms with E-state index in [4.69, 9.17) is 5.11 Å². The Kier molecular flexibility index (Phi) is 3.76. The van der Waals surface area contributed by atoms with Crippen molar-refractivity contribution in [3.63, 3.8) is 0 Å². The highest BCUT2D eigenvalue weighted by molar-refractivity contribution is 5.93. The molecule has 0 amide bonds. The summed E-state index contributed by atoms with van der Waals surface area (Å²) in [7, 11) is 0. The van der Waals surface area contributed by atoms with Crippen LogP contribution < -0.4 is 0 Å². The van der Waals surface area contributed by atoms with Gasteiger partial charge in [0.1, 0.15) is 5.56 Å². The van der Waals surface area contributed by atoms with Crippen molar-refractivity contribution < 1.29 is 19.9 Å². The maximum absolute atomic E-state index is 11.0. The van der Waals surface area contributed by atoms with Crippen LogP contribution in [-0.2, 0) is 6.61 Å². The lowest BCUT2D eigenvalue weighted by molar-refractivity contribution is -0.385. The van der Waals surface area contributed by atoms with Crippen molar-refractivity contribution in [1.82, 2.24) is 0 Å². The van der Waals surface area contributed by atoms with Crippen LogP contribution in [0.4, 0.5) is 5.69 Å². The minimum atomic E-state index is -1.35. The van der Waals surface area contributed by atoms with Gasteiger partial charge in [0.15, 0.2) is 0 Å². The number of aromatic carboxylic acids is 1. The number of nitrogens with zero attached hydrogens (tertiary/aromatic N) is 1. The molecule has 0 saturated carbocycles. The zero-order valence-corrected chi connectivity index (χ0v) is 10.3. The van der Waals surface area contributed by atoms with Gasteiger partial charge in [0, 0.05) is 6.07 Å². The number of nitro groups is 1. The van der Waals surface area contributed by atoms with E-state index in [1.807, 2.05) is 0 Å². The highest BCUT2D eigenvalue weighted by Crippen LogP contribution is 2.29. The smallest absolute Gasteiger partial charge is 0.342 e. The Bertz CT molecular complexity index is 681. The first-order valence-corrected chi connectivity index (χ1v) is 5.75. The molecule has 2 rings (SSSR count). The van der Waals surface area contributed by atoms with Crippen LogP contribution in [0.5, 0.6) is 0 Å². The fraction of sp³-hybridized carbons (Fsp3) is 0.0714. The van der Waals surface area contributed by atoms with Crippen LogP contribution in [0.1, 0.15) is 15.9 Å². The fourth-order valence-corrected chi connectivity index (χ4v) is 1.97. The number of carboxylic acid groups (broad SMARTS) is 1. The third-order valence-electron chi connectivity index (χ3n) is 2.92. The number of hydrogen-bond acceptors (Lipinski definition) is 4. The van der Waals surface area contributed by atoms with Crippen LogP contribution in [0.15, 0.2) is 42.5 Å². The van der Waals surface area contributed by atoms with E-state index in [-0.39, 0.29) is 12.2 Å². The van der Waals surface area contributed by atoms with Crippen molar-refractivity contribution in [2.45, 2.75) is 6.61 Å². The Morgan fingerprint density at radius 2 is 1.90 bits per heavy atom. The van der Waals surface area contributed by atoms with Gasteiger partial charge in [-0.1, -0.05) is 30.3 Å². The Hall–Kier alpha value is -2.73. The first-order valence-electron chi connectivity index (χ1n) is 5.75. The van der Waals surface area contributed by atoms with E-state index in [1.165, 1.54) is 18.2 Å². The number of hydrogen-bond donors (Lipinski definition) is 2. The lowest BCUT2D eigenvalue weighted by atomic mass is 9.98. The number of rotatable bonds is 4. The van der Waals surface area contributed by atoms with E-state index >= 15 is 0 Å². The second kappa shape index (κ2) is 5.50. The van der Waals surface area contributed by atoms with Crippen molar-refractivity contribution in [2.75, 3.05) is 0 Å². The standard InChI is InChI=1S/C14H11NO5/c16-8-10-3-1-2-4-11(10)9-5-6-12(14(17)18)13(7-9)15(19)20/h1-7,16H,8H2,(H,17,18). The number of benzene rings is 2. The lowest BCUT2D eigenvalue weighted by Gasteiger charge is -2.08. The minimum absolute atomic E-state index is 0.204. The summed E-state index contributed by atoms with van der Waals surface area (Å²) in [6.45, 7) is -0.204. The van der Waals surface area contributed by atoms with Gasteiger partial charge in [0.25, 0.3) is 5.69 Å². The highest BCUT2D eigenvalue weighted by atomic mass is 16.6. The van der Waals surface area contributed by atoms with Crippen LogP contribution >= 0.6 is 0 Å². The summed E-state index contributed by atoms with van der Waals surface area (Å²) in [6, 6.07) is 10.8. The van der Waals surface area contributed by atoms with Crippen molar-refractivity contribution in [2.24, 2.45) is 0 Å². The van der Waals surface area contributed by atoms with Crippen molar-refractivity contribution >= 4 is 11.7 Å². The summed E-state index contributed by atoms with van der Waals surface area (Å²) >= 11 is 0. The van der Waals surface area contributed by atoms with Crippen LogP contribution in [0, 0.1) is 10.1 Å². The molecule has 2 aromatic rings. The summed E-state index contributed by atoms with van der Waals surface area (Å²) in [4.78, 5) is 21.2. The largest absolute Gasteiger partial charge is 0.477 e. The molecule has 2 N–H and O–H groups in total. The number of aliphatic hydroxyl groups excluding tert-OH is 1. The average Bonchev–Trinajstić information content (AvgIpc) is 2.46. The number of aliphatic hydroxyl groups is 1. The SMILES string of the molecule is O=C(O)c1ccc(-c2ccccc2CO)cc1[N+](=O)[O-]. The molecule has 0 fully saturated rings. The van der Waals surface area contributed by atoms with Crippen molar-refractivity contribution in [3.05, 3.63) is 63.7 Å². The van der Waals surface area contributed by atoms with Crippen LogP contribution in [0.25, 0.3) is 11.1 Å². The maximum Gasteiger partial charge on any atom is 0.342 e. The molecule has 20 heavy (non-hydrogen) atoms. The van der Waals surface area contributed by atoms with Gasteiger partial charge in [-0.05, 0) is 22.8 Å². The van der Waals surface area contributed by atoms with Crippen LogP contribution in [-0.4, -0.2) is 21.1 Å². The van der Waals surface area contributed by atoms with E-state index < -0.39 is 16.6 Å². The zero-order chi connectivity index (χ0) is 14.7. The van der Waals surface area contributed by atoms with Crippen molar-refractivity contribution in [3.8, 4) is 11.1 Å². The van der Waals surface area contributed by atoms with E-state index in [1.54, 1.807) is 24.3 Å². The summed E-state index contributed by atoms with van der Waals surface area (Å²) in [5, 5.41) is 29.2. The molecule has 0 heterocycles. The molecular weight excluding hydrogens is 262 g/mol. The topological polar surface area (TPSA) is 101 Å². The Labute approximate surface area is 114 Å². The molecule has 0 radical (unpaired) electrons. The van der Waals surface area contributed by atoms with Gasteiger partial charge in [-0.2, -0.15) is 0 Å². The molecule has 6 heteroatoms. The summed E-state index contributed by atoms with van der Waals surface area (Å²) in [6.07, 6.45) is 0. The molecule has 0 spiro atoms. The summed E-state index contributed by atoms with van der Waals surface area (Å²) in [5.74, 6) is -1.35. The Morgan fingerprint density at radius 1 is 1.20 bits per heavy atom. The predicted molar refractivity (Wildman–Crippen MR) is 71.4 cm³/mol. The van der Waals surface area contributed by atoms with Crippen molar-refractivity contribution in [1.29, 1.82) is 0 Å². The average molecular weight is 273 g/mol. The minimum Gasteiger partial charge on any atom is -0.477 e. The summed E-state index contributed by atoms with van der Waals surface area (Å²) in [5.41, 5.74) is 0.911. The molecule has 0 aliphatic heterocycles. The molecule has 0 unspecified atom stereocenters. The number of nitro benzene ring substituents is 1. The molecule has 2 aromatic carbocycles. The Balaban J connectivity index is 2.62. The maximum atomic E-state index is 11.0. The molecule has 0 bridgehead atoms. The third kappa shape index (κ3) is 2.50. The number of carboxylic acids is 1. The predicted octanol–water partition coefficient (Wildman–Crippen LogP) is 2.45. The van der Waals surface area contributed by atoms with Gasteiger partial charge in [-0.15, -0.1) is 0 Å². The van der Waals surface area contributed by atoms with Crippen LogP contribution in [0.2, 0.25) is 0 Å². The third-order valence-corrected chi connectivity index (χ3v) is 2.92. The molecule has 0 aliphatic rings. The van der Waals surface area contributed by atoms with Gasteiger partial charge in [0.05, 0.1) is 11.5 Å². The zero-order valence-electron chi connectivity index (χ0n) is 10.3. The lowest BCUT2D eigenvalue weighted by Crippen LogP contribution is -2.03. The summed E-state index contributed by atoms with van der Waals surface area (Å²) < 4.78 is 0. The fourth-order valence-electron chi connectivity index (χ4n) is 1.97. The van der Waals surface area contributed by atoms with E-state index in [9.17, 15) is 20.0 Å².